The summed E-state index contributed by atoms with van der Waals surface area (Å²) in [5.41, 5.74) is 1.39. The van der Waals surface area contributed by atoms with Gasteiger partial charge in [-0.05, 0) is 0 Å². The average Bonchev–Trinajstić information content (AvgIpc) is 1.99. The van der Waals surface area contributed by atoms with E-state index in [-0.39, 0.29) is 12.5 Å². The summed E-state index contributed by atoms with van der Waals surface area (Å²) in [6.07, 6.45) is 0.332. The quantitative estimate of drug-likeness (QED) is 0.353. The third kappa shape index (κ3) is 3.85. The van der Waals surface area contributed by atoms with Crippen molar-refractivity contribution in [2.45, 2.75) is 13.3 Å². The Morgan fingerprint density at radius 1 is 1.40 bits per heavy atom. The summed E-state index contributed by atoms with van der Waals surface area (Å²) in [5.74, 6) is -0.842. The van der Waals surface area contributed by atoms with Gasteiger partial charge in [0.05, 0.1) is 6.54 Å². The van der Waals surface area contributed by atoms with Crippen LogP contribution in [-0.4, -0.2) is 23.6 Å². The minimum Gasteiger partial charge on any atom is -0.347 e. The van der Waals surface area contributed by atoms with Crippen LogP contribution in [0.3, 0.4) is 0 Å². The van der Waals surface area contributed by atoms with Gasteiger partial charge in [0.25, 0.3) is 5.91 Å². The molecule has 0 aromatic carbocycles. The van der Waals surface area contributed by atoms with Gasteiger partial charge in [0.1, 0.15) is 0 Å². The number of hydrogen-bond acceptors (Lipinski definition) is 3. The lowest BCUT2D eigenvalue weighted by molar-refractivity contribution is -0.131. The van der Waals surface area contributed by atoms with Gasteiger partial charge in [-0.3, -0.25) is 14.8 Å². The zero-order chi connectivity index (χ0) is 7.98. The largest absolute Gasteiger partial charge is 0.347 e. The van der Waals surface area contributed by atoms with Crippen molar-refractivity contribution in [3.05, 3.63) is 0 Å². The maximum Gasteiger partial charge on any atom is 0.262 e. The summed E-state index contributed by atoms with van der Waals surface area (Å²) in [4.78, 5) is 20.7. The summed E-state index contributed by atoms with van der Waals surface area (Å²) < 4.78 is 0. The molecule has 5 nitrogen and oxygen atoms in total. The molecule has 0 aliphatic rings. The Balaban J connectivity index is 3.35. The van der Waals surface area contributed by atoms with Gasteiger partial charge in [0, 0.05) is 6.42 Å². The van der Waals surface area contributed by atoms with E-state index in [0.29, 0.717) is 6.42 Å². The van der Waals surface area contributed by atoms with Gasteiger partial charge < -0.3 is 5.32 Å². The van der Waals surface area contributed by atoms with Crippen molar-refractivity contribution in [3.63, 3.8) is 0 Å². The maximum atomic E-state index is 10.5. The van der Waals surface area contributed by atoms with E-state index in [1.54, 1.807) is 6.92 Å². The highest BCUT2D eigenvalue weighted by Gasteiger charge is 2.00. The topological polar surface area (TPSA) is 78.4 Å². The Morgan fingerprint density at radius 2 is 2.00 bits per heavy atom. The molecule has 0 unspecified atom stereocenters. The first kappa shape index (κ1) is 8.90. The molecule has 0 atom stereocenters. The van der Waals surface area contributed by atoms with Crippen LogP contribution in [0.4, 0.5) is 0 Å². The summed E-state index contributed by atoms with van der Waals surface area (Å²) >= 11 is 0. The smallest absolute Gasteiger partial charge is 0.262 e. The number of carbonyl (C=O) groups excluding carboxylic acids is 2. The fourth-order valence-electron chi connectivity index (χ4n) is 0.343. The Bertz CT molecular complexity index is 119. The van der Waals surface area contributed by atoms with Gasteiger partial charge in [-0.1, -0.05) is 6.92 Å². The summed E-state index contributed by atoms with van der Waals surface area (Å²) in [6, 6.07) is 0. The molecule has 0 saturated heterocycles. The first-order chi connectivity index (χ1) is 4.70. The van der Waals surface area contributed by atoms with Crippen molar-refractivity contribution >= 4 is 11.8 Å². The summed E-state index contributed by atoms with van der Waals surface area (Å²) in [7, 11) is 0. The molecule has 58 valence electrons. The predicted molar refractivity (Wildman–Crippen MR) is 33.2 cm³/mol. The number of rotatable bonds is 3. The zero-order valence-corrected chi connectivity index (χ0v) is 5.68. The van der Waals surface area contributed by atoms with Crippen LogP contribution < -0.4 is 10.8 Å². The SMILES string of the molecule is CCC(=O)NCC(=O)NO. The van der Waals surface area contributed by atoms with Gasteiger partial charge in [-0.25, -0.2) is 5.48 Å². The zero-order valence-electron chi connectivity index (χ0n) is 5.68. The van der Waals surface area contributed by atoms with E-state index >= 15 is 0 Å². The van der Waals surface area contributed by atoms with Crippen LogP contribution in [0.2, 0.25) is 0 Å². The van der Waals surface area contributed by atoms with E-state index in [0.717, 1.165) is 0 Å². The van der Waals surface area contributed by atoms with Gasteiger partial charge in [0.15, 0.2) is 0 Å². The number of carbonyl (C=O) groups is 2. The molecule has 0 heterocycles. The van der Waals surface area contributed by atoms with Crippen LogP contribution in [0.5, 0.6) is 0 Å². The van der Waals surface area contributed by atoms with Crippen LogP contribution in [0, 0.1) is 0 Å². The number of hydrogen-bond donors (Lipinski definition) is 3. The van der Waals surface area contributed by atoms with E-state index in [1.807, 2.05) is 0 Å². The van der Waals surface area contributed by atoms with Crippen LogP contribution >= 0.6 is 0 Å². The van der Waals surface area contributed by atoms with E-state index in [2.05, 4.69) is 5.32 Å². The molecule has 5 heteroatoms. The highest BCUT2D eigenvalue weighted by Crippen LogP contribution is 1.72. The molecule has 0 rings (SSSR count). The molecule has 0 aliphatic heterocycles. The number of hydroxylamine groups is 1. The van der Waals surface area contributed by atoms with Gasteiger partial charge >= 0.3 is 0 Å². The minimum absolute atomic E-state index is 0.177. The van der Waals surface area contributed by atoms with E-state index in [4.69, 9.17) is 5.21 Å². The second kappa shape index (κ2) is 4.75. The molecule has 0 bridgehead atoms. The summed E-state index contributed by atoms with van der Waals surface area (Å²) in [5, 5.41) is 10.2. The fraction of sp³-hybridized carbons (Fsp3) is 0.600. The average molecular weight is 146 g/mol. The maximum absolute atomic E-state index is 10.5. The lowest BCUT2D eigenvalue weighted by atomic mass is 10.4. The molecule has 2 amide bonds. The van der Waals surface area contributed by atoms with Crippen LogP contribution in [0.1, 0.15) is 13.3 Å². The molecule has 0 spiro atoms. The highest BCUT2D eigenvalue weighted by atomic mass is 16.5. The molecule has 0 saturated carbocycles. The van der Waals surface area contributed by atoms with E-state index < -0.39 is 5.91 Å². The molecular weight excluding hydrogens is 136 g/mol. The molecular formula is C5H10N2O3. The highest BCUT2D eigenvalue weighted by molar-refractivity contribution is 5.83. The molecule has 0 aliphatic carbocycles. The molecule has 0 fully saturated rings. The molecule has 0 aromatic rings. The lowest BCUT2D eigenvalue weighted by Gasteiger charge is -1.99. The number of nitrogens with one attached hydrogen (secondary N) is 2. The van der Waals surface area contributed by atoms with Gasteiger partial charge in [-0.2, -0.15) is 0 Å². The van der Waals surface area contributed by atoms with Crippen molar-refractivity contribution in [3.8, 4) is 0 Å². The van der Waals surface area contributed by atoms with E-state index in [9.17, 15) is 9.59 Å². The van der Waals surface area contributed by atoms with Crippen molar-refractivity contribution in [1.29, 1.82) is 0 Å². The van der Waals surface area contributed by atoms with Crippen molar-refractivity contribution < 1.29 is 14.8 Å². The second-order valence-corrected chi connectivity index (χ2v) is 1.67. The van der Waals surface area contributed by atoms with Crippen molar-refractivity contribution in [1.82, 2.24) is 10.8 Å². The fourth-order valence-corrected chi connectivity index (χ4v) is 0.343. The van der Waals surface area contributed by atoms with Gasteiger partial charge in [-0.15, -0.1) is 0 Å². The second-order valence-electron chi connectivity index (χ2n) is 1.67. The molecule has 3 N–H and O–H groups in total. The first-order valence-corrected chi connectivity index (χ1v) is 2.90. The normalized spacial score (nSPS) is 8.60. The monoisotopic (exact) mass is 146 g/mol. The van der Waals surface area contributed by atoms with Crippen LogP contribution in [-0.2, 0) is 9.59 Å². The lowest BCUT2D eigenvalue weighted by Crippen LogP contribution is -2.34. The van der Waals surface area contributed by atoms with Gasteiger partial charge in [0.2, 0.25) is 5.91 Å². The standard InChI is InChI=1S/C5H10N2O3/c1-2-4(8)6-3-5(9)7-10/h10H,2-3H2,1H3,(H,6,8)(H,7,9). The Morgan fingerprint density at radius 3 is 2.40 bits per heavy atom. The number of amides is 2. The van der Waals surface area contributed by atoms with Crippen LogP contribution in [0.15, 0.2) is 0 Å². The van der Waals surface area contributed by atoms with E-state index in [1.165, 1.54) is 5.48 Å². The third-order valence-corrected chi connectivity index (χ3v) is 0.892. The van der Waals surface area contributed by atoms with Crippen molar-refractivity contribution in [2.75, 3.05) is 6.54 Å². The Hall–Kier alpha value is -1.10. The molecule has 0 aromatic heterocycles. The third-order valence-electron chi connectivity index (χ3n) is 0.892. The predicted octanol–water partition coefficient (Wildman–Crippen LogP) is -0.982. The Kier molecular flexibility index (Phi) is 4.23. The van der Waals surface area contributed by atoms with Crippen molar-refractivity contribution in [2.24, 2.45) is 0 Å². The molecule has 10 heavy (non-hydrogen) atoms. The minimum atomic E-state index is -0.623. The first-order valence-electron chi connectivity index (χ1n) is 2.90. The van der Waals surface area contributed by atoms with Crippen LogP contribution in [0.25, 0.3) is 0 Å². The Labute approximate surface area is 58.4 Å². The summed E-state index contributed by atoms with van der Waals surface area (Å²) in [6.45, 7) is 1.50. The molecule has 0 radical (unpaired) electrons.